The van der Waals surface area contributed by atoms with Crippen molar-refractivity contribution < 1.29 is 14.3 Å². The van der Waals surface area contributed by atoms with Crippen LogP contribution >= 0.6 is 0 Å². The molecule has 3 rings (SSSR count). The van der Waals surface area contributed by atoms with Gasteiger partial charge in [0.2, 0.25) is 5.88 Å². The van der Waals surface area contributed by atoms with Crippen molar-refractivity contribution in [3.8, 4) is 17.0 Å². The lowest BCUT2D eigenvalue weighted by molar-refractivity contribution is 0.0521. The zero-order chi connectivity index (χ0) is 17.1. The molecule has 0 fully saturated rings. The average molecular weight is 324 g/mol. The molecule has 24 heavy (non-hydrogen) atoms. The van der Waals surface area contributed by atoms with E-state index in [0.717, 1.165) is 28.5 Å². The molecule has 0 bridgehead atoms. The third kappa shape index (κ3) is 2.73. The number of hydrogen-bond donors (Lipinski definition) is 1. The summed E-state index contributed by atoms with van der Waals surface area (Å²) in [5.74, 6) is 0.0958. The number of methoxy groups -OCH3 is 1. The highest BCUT2D eigenvalue weighted by Crippen LogP contribution is 2.37. The fraction of sp³-hybridized carbons (Fsp3) is 0.263. The molecule has 0 aliphatic heterocycles. The van der Waals surface area contributed by atoms with Gasteiger partial charge in [-0.2, -0.15) is 0 Å². The van der Waals surface area contributed by atoms with E-state index in [-0.39, 0.29) is 5.97 Å². The zero-order valence-electron chi connectivity index (χ0n) is 14.1. The Bertz CT molecular complexity index is 883. The van der Waals surface area contributed by atoms with Gasteiger partial charge in [0.05, 0.1) is 13.7 Å². The number of esters is 1. The summed E-state index contributed by atoms with van der Waals surface area (Å²) in [6.45, 7) is 4.21. The number of hydrogen-bond acceptors (Lipinski definition) is 4. The number of H-pyrrole nitrogens is 1. The van der Waals surface area contributed by atoms with Gasteiger partial charge in [-0.3, -0.25) is 0 Å². The van der Waals surface area contributed by atoms with Gasteiger partial charge in [-0.15, -0.1) is 0 Å². The van der Waals surface area contributed by atoms with Crippen molar-refractivity contribution in [3.63, 3.8) is 0 Å². The molecule has 5 nitrogen and oxygen atoms in total. The molecule has 5 heteroatoms. The maximum absolute atomic E-state index is 12.4. The van der Waals surface area contributed by atoms with Gasteiger partial charge in [0.1, 0.15) is 5.69 Å². The normalized spacial score (nSPS) is 10.8. The first-order valence-electron chi connectivity index (χ1n) is 8.00. The first-order valence-corrected chi connectivity index (χ1v) is 8.00. The molecule has 124 valence electrons. The lowest BCUT2D eigenvalue weighted by Crippen LogP contribution is -2.07. The number of carbonyl (C=O) groups excluding carboxylic acids is 1. The number of aromatic amines is 1. The van der Waals surface area contributed by atoms with E-state index in [9.17, 15) is 4.79 Å². The van der Waals surface area contributed by atoms with Crippen molar-refractivity contribution in [2.45, 2.75) is 20.3 Å². The highest BCUT2D eigenvalue weighted by Gasteiger charge is 2.23. The van der Waals surface area contributed by atoms with Crippen LogP contribution in [-0.2, 0) is 11.2 Å². The number of carbonyl (C=O) groups is 1. The van der Waals surface area contributed by atoms with Gasteiger partial charge in [0, 0.05) is 28.2 Å². The molecule has 0 saturated carbocycles. The molecule has 0 amide bonds. The van der Waals surface area contributed by atoms with Crippen LogP contribution in [0.1, 0.15) is 29.9 Å². The van der Waals surface area contributed by atoms with Gasteiger partial charge in [-0.05, 0) is 43.2 Å². The van der Waals surface area contributed by atoms with Crippen molar-refractivity contribution in [2.75, 3.05) is 13.7 Å². The van der Waals surface area contributed by atoms with Crippen molar-refractivity contribution in [1.82, 2.24) is 9.97 Å². The number of rotatable bonds is 5. The predicted molar refractivity (Wildman–Crippen MR) is 93.4 cm³/mol. The first-order chi connectivity index (χ1) is 11.7. The minimum absolute atomic E-state index is 0.317. The summed E-state index contributed by atoms with van der Waals surface area (Å²) >= 11 is 0. The maximum Gasteiger partial charge on any atom is 0.355 e. The maximum atomic E-state index is 12.4. The van der Waals surface area contributed by atoms with Crippen LogP contribution < -0.4 is 4.74 Å². The third-order valence-corrected chi connectivity index (χ3v) is 3.98. The van der Waals surface area contributed by atoms with E-state index in [2.05, 4.69) is 29.0 Å². The molecular weight excluding hydrogens is 304 g/mol. The van der Waals surface area contributed by atoms with Gasteiger partial charge < -0.3 is 14.5 Å². The smallest absolute Gasteiger partial charge is 0.355 e. The van der Waals surface area contributed by atoms with Crippen LogP contribution in [0.4, 0.5) is 0 Å². The number of benzene rings is 1. The van der Waals surface area contributed by atoms with E-state index in [4.69, 9.17) is 9.47 Å². The number of pyridine rings is 1. The lowest BCUT2D eigenvalue weighted by atomic mass is 10.0. The largest absolute Gasteiger partial charge is 0.481 e. The summed E-state index contributed by atoms with van der Waals surface area (Å²) in [6, 6.07) is 9.86. The molecule has 0 radical (unpaired) electrons. The third-order valence-electron chi connectivity index (χ3n) is 3.98. The average Bonchev–Trinajstić information content (AvgIpc) is 3.00. The molecule has 0 saturated heterocycles. The van der Waals surface area contributed by atoms with Crippen LogP contribution in [0, 0.1) is 0 Å². The molecule has 0 atom stereocenters. The molecule has 2 heterocycles. The van der Waals surface area contributed by atoms with E-state index in [0.29, 0.717) is 18.2 Å². The van der Waals surface area contributed by atoms with Crippen molar-refractivity contribution >= 4 is 16.9 Å². The van der Waals surface area contributed by atoms with Gasteiger partial charge >= 0.3 is 5.97 Å². The summed E-state index contributed by atoms with van der Waals surface area (Å²) in [5, 5.41) is 0.962. The molecule has 0 aliphatic carbocycles. The van der Waals surface area contributed by atoms with Gasteiger partial charge in [-0.25, -0.2) is 9.78 Å². The zero-order valence-corrected chi connectivity index (χ0v) is 14.1. The van der Waals surface area contributed by atoms with Crippen molar-refractivity contribution in [1.29, 1.82) is 0 Å². The number of nitrogens with zero attached hydrogens (tertiary/aromatic N) is 1. The van der Waals surface area contributed by atoms with Crippen molar-refractivity contribution in [2.24, 2.45) is 0 Å². The molecule has 2 aromatic heterocycles. The van der Waals surface area contributed by atoms with E-state index in [1.54, 1.807) is 20.2 Å². The van der Waals surface area contributed by atoms with Gasteiger partial charge in [0.25, 0.3) is 0 Å². The molecule has 1 aromatic carbocycles. The highest BCUT2D eigenvalue weighted by molar-refractivity contribution is 6.08. The summed E-state index contributed by atoms with van der Waals surface area (Å²) in [6.07, 6.45) is 2.58. The van der Waals surface area contributed by atoms with E-state index in [1.807, 2.05) is 18.2 Å². The summed E-state index contributed by atoms with van der Waals surface area (Å²) in [4.78, 5) is 19.9. The minimum atomic E-state index is -0.382. The fourth-order valence-corrected chi connectivity index (χ4v) is 2.84. The lowest BCUT2D eigenvalue weighted by Gasteiger charge is -2.09. The predicted octanol–water partition coefficient (Wildman–Crippen LogP) is 3.98. The van der Waals surface area contributed by atoms with Crippen LogP contribution in [0.5, 0.6) is 5.88 Å². The number of nitrogens with one attached hydrogen (secondary N) is 1. The number of aromatic nitrogens is 2. The van der Waals surface area contributed by atoms with Crippen LogP contribution in [0.2, 0.25) is 0 Å². The molecule has 0 spiro atoms. The SMILES string of the molecule is CCOC(=O)c1[nH]c2ccc(CC)cc2c1-c1cccnc1OC. The standard InChI is InChI=1S/C19H20N2O3/c1-4-12-8-9-15-14(11-12)16(17(21-15)19(22)24-5-2)13-7-6-10-20-18(13)23-3/h6-11,21H,4-5H2,1-3H3. The number of aryl methyl sites for hydroxylation is 1. The Morgan fingerprint density at radius 3 is 2.79 bits per heavy atom. The Labute approximate surface area is 140 Å². The summed E-state index contributed by atoms with van der Waals surface area (Å²) in [5.41, 5.74) is 4.04. The monoisotopic (exact) mass is 324 g/mol. The molecule has 0 aliphatic rings. The molecule has 0 unspecified atom stereocenters. The van der Waals surface area contributed by atoms with E-state index < -0.39 is 0 Å². The highest BCUT2D eigenvalue weighted by atomic mass is 16.5. The van der Waals surface area contributed by atoms with Gasteiger partial charge in [-0.1, -0.05) is 13.0 Å². The Kier molecular flexibility index (Phi) is 4.51. The summed E-state index contributed by atoms with van der Waals surface area (Å²) in [7, 11) is 1.57. The minimum Gasteiger partial charge on any atom is -0.481 e. The topological polar surface area (TPSA) is 64.2 Å². The second kappa shape index (κ2) is 6.74. The Morgan fingerprint density at radius 1 is 1.25 bits per heavy atom. The summed E-state index contributed by atoms with van der Waals surface area (Å²) < 4.78 is 10.6. The van der Waals surface area contributed by atoms with E-state index in [1.165, 1.54) is 5.56 Å². The Morgan fingerprint density at radius 2 is 2.08 bits per heavy atom. The van der Waals surface area contributed by atoms with Crippen LogP contribution in [-0.4, -0.2) is 29.7 Å². The van der Waals surface area contributed by atoms with Crippen LogP contribution in [0.15, 0.2) is 36.5 Å². The first kappa shape index (κ1) is 16.1. The molecule has 3 aromatic rings. The Balaban J connectivity index is 2.32. The number of ether oxygens (including phenoxy) is 2. The second-order valence-corrected chi connectivity index (χ2v) is 5.39. The fourth-order valence-electron chi connectivity index (χ4n) is 2.84. The molecular formula is C19H20N2O3. The van der Waals surface area contributed by atoms with Gasteiger partial charge in [0.15, 0.2) is 0 Å². The number of fused-ring (bicyclic) bond motifs is 1. The quantitative estimate of drug-likeness (QED) is 0.721. The van der Waals surface area contributed by atoms with Crippen LogP contribution in [0.25, 0.3) is 22.0 Å². The van der Waals surface area contributed by atoms with Crippen molar-refractivity contribution in [3.05, 3.63) is 47.8 Å². The van der Waals surface area contributed by atoms with Crippen LogP contribution in [0.3, 0.4) is 0 Å². The van der Waals surface area contributed by atoms with E-state index >= 15 is 0 Å². The second-order valence-electron chi connectivity index (χ2n) is 5.39. The molecule has 1 N–H and O–H groups in total. The Hall–Kier alpha value is -2.82.